The predicted octanol–water partition coefficient (Wildman–Crippen LogP) is 4.02. The van der Waals surface area contributed by atoms with Gasteiger partial charge in [0.15, 0.2) is 0 Å². The molecule has 6 heteroatoms. The van der Waals surface area contributed by atoms with Gasteiger partial charge in [-0.2, -0.15) is 0 Å². The van der Waals surface area contributed by atoms with Gasteiger partial charge in [-0.3, -0.25) is 9.59 Å². The highest BCUT2D eigenvalue weighted by Gasteiger charge is 2.23. The first-order valence-corrected chi connectivity index (χ1v) is 9.56. The third kappa shape index (κ3) is 5.36. The largest absolute Gasteiger partial charge is 0.398 e. The normalized spacial score (nSPS) is 11.5. The minimum Gasteiger partial charge on any atom is -0.398 e. The SMILES string of the molecule is Cc1ccc(CNC(=O)[C@H](NC(=O)c2ccc(Cl)c(N)c2)c2ccccc2)cc1. The maximum Gasteiger partial charge on any atom is 0.252 e. The third-order valence-corrected chi connectivity index (χ3v) is 4.86. The van der Waals surface area contributed by atoms with Crippen molar-refractivity contribution in [3.8, 4) is 0 Å². The first-order chi connectivity index (χ1) is 13.9. The molecule has 0 saturated carbocycles. The van der Waals surface area contributed by atoms with Crippen molar-refractivity contribution in [2.75, 3.05) is 5.73 Å². The van der Waals surface area contributed by atoms with Gasteiger partial charge in [0.2, 0.25) is 5.91 Å². The van der Waals surface area contributed by atoms with Crippen LogP contribution >= 0.6 is 11.6 Å². The molecule has 3 rings (SSSR count). The Morgan fingerprint density at radius 1 is 1.00 bits per heavy atom. The van der Waals surface area contributed by atoms with Crippen LogP contribution in [0.25, 0.3) is 0 Å². The van der Waals surface area contributed by atoms with Gasteiger partial charge in [0.05, 0.1) is 10.7 Å². The molecule has 0 spiro atoms. The molecule has 29 heavy (non-hydrogen) atoms. The van der Waals surface area contributed by atoms with Gasteiger partial charge in [0.25, 0.3) is 5.91 Å². The summed E-state index contributed by atoms with van der Waals surface area (Å²) < 4.78 is 0. The number of amides is 2. The number of hydrogen-bond donors (Lipinski definition) is 3. The van der Waals surface area contributed by atoms with Crippen LogP contribution in [0.15, 0.2) is 72.8 Å². The summed E-state index contributed by atoms with van der Waals surface area (Å²) in [6, 6.07) is 20.8. The van der Waals surface area contributed by atoms with Crippen LogP contribution in [0, 0.1) is 6.92 Å². The van der Waals surface area contributed by atoms with Crippen LogP contribution in [0.3, 0.4) is 0 Å². The van der Waals surface area contributed by atoms with Gasteiger partial charge in [-0.25, -0.2) is 0 Å². The van der Waals surface area contributed by atoms with Crippen molar-refractivity contribution in [1.82, 2.24) is 10.6 Å². The Bertz CT molecular complexity index is 1000. The van der Waals surface area contributed by atoms with Gasteiger partial charge in [0, 0.05) is 12.1 Å². The zero-order chi connectivity index (χ0) is 20.8. The van der Waals surface area contributed by atoms with Crippen LogP contribution in [0.2, 0.25) is 5.02 Å². The molecule has 0 saturated heterocycles. The van der Waals surface area contributed by atoms with Crippen molar-refractivity contribution in [2.24, 2.45) is 0 Å². The molecule has 0 radical (unpaired) electrons. The molecular formula is C23H22ClN3O2. The number of rotatable bonds is 6. The number of aryl methyl sites for hydroxylation is 1. The topological polar surface area (TPSA) is 84.2 Å². The van der Waals surface area contributed by atoms with Gasteiger partial charge in [-0.15, -0.1) is 0 Å². The summed E-state index contributed by atoms with van der Waals surface area (Å²) in [4.78, 5) is 25.6. The van der Waals surface area contributed by atoms with Crippen LogP contribution in [0.1, 0.15) is 33.1 Å². The fraction of sp³-hybridized carbons (Fsp3) is 0.130. The Hall–Kier alpha value is -3.31. The van der Waals surface area contributed by atoms with E-state index in [-0.39, 0.29) is 5.91 Å². The Morgan fingerprint density at radius 2 is 1.69 bits per heavy atom. The smallest absolute Gasteiger partial charge is 0.252 e. The van der Waals surface area contributed by atoms with E-state index in [2.05, 4.69) is 10.6 Å². The first kappa shape index (κ1) is 20.4. The molecular weight excluding hydrogens is 386 g/mol. The first-order valence-electron chi connectivity index (χ1n) is 9.18. The average molecular weight is 408 g/mol. The molecule has 0 fully saturated rings. The van der Waals surface area contributed by atoms with E-state index in [0.29, 0.717) is 28.4 Å². The second kappa shape index (κ2) is 9.26. The number of nitrogens with two attached hydrogens (primary N) is 1. The van der Waals surface area contributed by atoms with Crippen molar-refractivity contribution < 1.29 is 9.59 Å². The maximum atomic E-state index is 12.9. The van der Waals surface area contributed by atoms with Gasteiger partial charge < -0.3 is 16.4 Å². The summed E-state index contributed by atoms with van der Waals surface area (Å²) >= 11 is 5.93. The maximum absolute atomic E-state index is 12.9. The van der Waals surface area contributed by atoms with E-state index in [0.717, 1.165) is 11.1 Å². The Labute approximate surface area is 174 Å². The number of nitrogen functional groups attached to an aromatic ring is 1. The van der Waals surface area contributed by atoms with Crippen molar-refractivity contribution in [3.63, 3.8) is 0 Å². The van der Waals surface area contributed by atoms with E-state index < -0.39 is 11.9 Å². The van der Waals surface area contributed by atoms with Gasteiger partial charge >= 0.3 is 0 Å². The molecule has 3 aromatic rings. The Morgan fingerprint density at radius 3 is 2.34 bits per heavy atom. The van der Waals surface area contributed by atoms with Crippen molar-refractivity contribution in [1.29, 1.82) is 0 Å². The highest BCUT2D eigenvalue weighted by atomic mass is 35.5. The quantitative estimate of drug-likeness (QED) is 0.539. The molecule has 2 amide bonds. The second-order valence-corrected chi connectivity index (χ2v) is 7.16. The molecule has 4 N–H and O–H groups in total. The molecule has 0 heterocycles. The number of carbonyl (C=O) groups is 2. The zero-order valence-corrected chi connectivity index (χ0v) is 16.7. The number of benzene rings is 3. The number of halogens is 1. The van der Waals surface area contributed by atoms with Crippen LogP contribution in [-0.2, 0) is 11.3 Å². The molecule has 3 aromatic carbocycles. The fourth-order valence-electron chi connectivity index (χ4n) is 2.84. The van der Waals surface area contributed by atoms with E-state index in [1.165, 1.54) is 6.07 Å². The molecule has 0 aromatic heterocycles. The van der Waals surface area contributed by atoms with Gasteiger partial charge in [0.1, 0.15) is 6.04 Å². The second-order valence-electron chi connectivity index (χ2n) is 6.76. The van der Waals surface area contributed by atoms with E-state index in [4.69, 9.17) is 17.3 Å². The molecule has 1 atom stereocenters. The van der Waals surface area contributed by atoms with Crippen molar-refractivity contribution >= 4 is 29.1 Å². The van der Waals surface area contributed by atoms with Crippen LogP contribution < -0.4 is 16.4 Å². The van der Waals surface area contributed by atoms with Gasteiger partial charge in [-0.1, -0.05) is 71.8 Å². The van der Waals surface area contributed by atoms with Crippen LogP contribution in [0.5, 0.6) is 0 Å². The number of nitrogens with one attached hydrogen (secondary N) is 2. The third-order valence-electron chi connectivity index (χ3n) is 4.52. The summed E-state index contributed by atoms with van der Waals surface area (Å²) in [5, 5.41) is 6.06. The zero-order valence-electron chi connectivity index (χ0n) is 16.0. The summed E-state index contributed by atoms with van der Waals surface area (Å²) in [7, 11) is 0. The summed E-state index contributed by atoms with van der Waals surface area (Å²) in [6.07, 6.45) is 0. The number of anilines is 1. The molecule has 0 bridgehead atoms. The Kier molecular flexibility index (Phi) is 6.52. The Balaban J connectivity index is 1.77. The molecule has 0 unspecified atom stereocenters. The van der Waals surface area contributed by atoms with Crippen molar-refractivity contribution in [2.45, 2.75) is 19.5 Å². The standard InChI is InChI=1S/C23H22ClN3O2/c1-15-7-9-16(10-8-15)14-26-23(29)21(17-5-3-2-4-6-17)27-22(28)18-11-12-19(24)20(25)13-18/h2-13,21H,14,25H2,1H3,(H,26,29)(H,27,28)/t21-/m1/s1. The summed E-state index contributed by atoms with van der Waals surface area (Å²) in [6.45, 7) is 2.37. The highest BCUT2D eigenvalue weighted by molar-refractivity contribution is 6.33. The van der Waals surface area contributed by atoms with E-state index in [1.54, 1.807) is 24.3 Å². The highest BCUT2D eigenvalue weighted by Crippen LogP contribution is 2.20. The molecule has 0 aliphatic heterocycles. The van der Waals surface area contributed by atoms with E-state index in [9.17, 15) is 9.59 Å². The molecule has 0 aliphatic carbocycles. The lowest BCUT2D eigenvalue weighted by molar-refractivity contribution is -0.123. The summed E-state index contributed by atoms with van der Waals surface area (Å²) in [5.41, 5.74) is 9.24. The van der Waals surface area contributed by atoms with Crippen LogP contribution in [0.4, 0.5) is 5.69 Å². The minimum absolute atomic E-state index is 0.299. The minimum atomic E-state index is -0.842. The van der Waals surface area contributed by atoms with E-state index >= 15 is 0 Å². The summed E-state index contributed by atoms with van der Waals surface area (Å²) in [5.74, 6) is -0.709. The van der Waals surface area contributed by atoms with Crippen molar-refractivity contribution in [3.05, 3.63) is 100 Å². The number of carbonyl (C=O) groups excluding carboxylic acids is 2. The van der Waals surface area contributed by atoms with Gasteiger partial charge in [-0.05, 0) is 36.2 Å². The monoisotopic (exact) mass is 407 g/mol. The molecule has 148 valence electrons. The lowest BCUT2D eigenvalue weighted by Gasteiger charge is -2.19. The average Bonchev–Trinajstić information content (AvgIpc) is 2.73. The lowest BCUT2D eigenvalue weighted by atomic mass is 10.0. The number of hydrogen-bond acceptors (Lipinski definition) is 3. The van der Waals surface area contributed by atoms with Crippen LogP contribution in [-0.4, -0.2) is 11.8 Å². The predicted molar refractivity (Wildman–Crippen MR) is 116 cm³/mol. The fourth-order valence-corrected chi connectivity index (χ4v) is 2.96. The lowest BCUT2D eigenvalue weighted by Crippen LogP contribution is -2.40. The molecule has 0 aliphatic rings. The van der Waals surface area contributed by atoms with E-state index in [1.807, 2.05) is 49.4 Å². The molecule has 5 nitrogen and oxygen atoms in total.